The number of ether oxygens (including phenoxy) is 1. The van der Waals surface area contributed by atoms with Gasteiger partial charge >= 0.3 is 0 Å². The number of carbonyl (C=O) groups is 2. The molecule has 2 rings (SSSR count). The summed E-state index contributed by atoms with van der Waals surface area (Å²) >= 11 is 1.63. The fourth-order valence-electron chi connectivity index (χ4n) is 2.79. The molecule has 1 aromatic heterocycles. The van der Waals surface area contributed by atoms with Gasteiger partial charge in [-0.2, -0.15) is 0 Å². The van der Waals surface area contributed by atoms with Crippen LogP contribution in [0.2, 0.25) is 0 Å². The van der Waals surface area contributed by atoms with Crippen molar-refractivity contribution in [3.8, 4) is 0 Å². The van der Waals surface area contributed by atoms with Gasteiger partial charge in [0, 0.05) is 24.6 Å². The van der Waals surface area contributed by atoms with Gasteiger partial charge in [-0.15, -0.1) is 11.3 Å². The Morgan fingerprint density at radius 2 is 1.81 bits per heavy atom. The van der Waals surface area contributed by atoms with Crippen LogP contribution in [0, 0.1) is 0 Å². The molecule has 2 aromatic rings. The summed E-state index contributed by atoms with van der Waals surface area (Å²) in [5.41, 5.74) is 1.07. The summed E-state index contributed by atoms with van der Waals surface area (Å²) in [4.78, 5) is 30.1. The molecule has 0 unspecified atom stereocenters. The van der Waals surface area contributed by atoms with E-state index in [0.29, 0.717) is 13.1 Å². The van der Waals surface area contributed by atoms with Crippen LogP contribution >= 0.6 is 11.3 Å². The number of amides is 2. The van der Waals surface area contributed by atoms with E-state index in [4.69, 9.17) is 4.74 Å². The summed E-state index contributed by atoms with van der Waals surface area (Å²) in [5, 5.41) is 2.01. The van der Waals surface area contributed by atoms with Crippen molar-refractivity contribution >= 4 is 23.2 Å². The first-order valence-corrected chi connectivity index (χ1v) is 10.1. The van der Waals surface area contributed by atoms with E-state index in [2.05, 4.69) is 0 Å². The zero-order chi connectivity index (χ0) is 19.6. The van der Waals surface area contributed by atoms with Crippen LogP contribution in [0.15, 0.2) is 47.8 Å². The Labute approximate surface area is 165 Å². The molecular formula is C21H28N2O3S. The van der Waals surface area contributed by atoms with E-state index < -0.39 is 0 Å². The summed E-state index contributed by atoms with van der Waals surface area (Å²) in [6.45, 7) is 5.08. The highest BCUT2D eigenvalue weighted by atomic mass is 32.1. The molecule has 0 aliphatic heterocycles. The molecule has 0 N–H and O–H groups in total. The minimum Gasteiger partial charge on any atom is -0.375 e. The van der Waals surface area contributed by atoms with Crippen molar-refractivity contribution in [1.29, 1.82) is 0 Å². The van der Waals surface area contributed by atoms with E-state index >= 15 is 0 Å². The van der Waals surface area contributed by atoms with Gasteiger partial charge in [0.2, 0.25) is 11.8 Å². The van der Waals surface area contributed by atoms with Gasteiger partial charge in [-0.25, -0.2) is 0 Å². The predicted molar refractivity (Wildman–Crippen MR) is 108 cm³/mol. The van der Waals surface area contributed by atoms with Crippen LogP contribution in [0.1, 0.15) is 30.7 Å². The molecular weight excluding hydrogens is 360 g/mol. The third kappa shape index (κ3) is 6.48. The minimum atomic E-state index is -0.156. The van der Waals surface area contributed by atoms with Gasteiger partial charge in [0.1, 0.15) is 13.2 Å². The fraction of sp³-hybridized carbons (Fsp3) is 0.429. The second kappa shape index (κ2) is 10.8. The molecule has 0 aliphatic rings. The molecule has 6 heteroatoms. The van der Waals surface area contributed by atoms with Crippen molar-refractivity contribution < 1.29 is 14.3 Å². The Morgan fingerprint density at radius 3 is 2.41 bits per heavy atom. The Bertz CT molecular complexity index is 703. The van der Waals surface area contributed by atoms with Crippen LogP contribution < -0.4 is 0 Å². The first-order valence-electron chi connectivity index (χ1n) is 9.17. The zero-order valence-electron chi connectivity index (χ0n) is 16.3. The topological polar surface area (TPSA) is 49.9 Å². The summed E-state index contributed by atoms with van der Waals surface area (Å²) in [6, 6.07) is 13.9. The third-order valence-electron chi connectivity index (χ3n) is 4.51. The van der Waals surface area contributed by atoms with Gasteiger partial charge in [-0.05, 0) is 30.4 Å². The van der Waals surface area contributed by atoms with Crippen LogP contribution in [-0.2, 0) is 27.4 Å². The first kappa shape index (κ1) is 21.1. The lowest BCUT2D eigenvalue weighted by Gasteiger charge is -2.31. The van der Waals surface area contributed by atoms with Crippen molar-refractivity contribution in [1.82, 2.24) is 9.80 Å². The van der Waals surface area contributed by atoms with E-state index in [1.807, 2.05) is 66.6 Å². The number of hydrogen-bond donors (Lipinski definition) is 0. The number of benzene rings is 1. The molecule has 5 nitrogen and oxygen atoms in total. The monoisotopic (exact) mass is 388 g/mol. The van der Waals surface area contributed by atoms with Crippen molar-refractivity contribution in [2.24, 2.45) is 0 Å². The molecule has 27 heavy (non-hydrogen) atoms. The van der Waals surface area contributed by atoms with Gasteiger partial charge in [-0.1, -0.05) is 43.3 Å². The first-order chi connectivity index (χ1) is 13.0. The molecule has 0 spiro atoms. The minimum absolute atomic E-state index is 0.0127. The Morgan fingerprint density at radius 1 is 1.07 bits per heavy atom. The molecule has 146 valence electrons. The second-order valence-electron chi connectivity index (χ2n) is 6.53. The Hall–Kier alpha value is -2.18. The number of thiophene rings is 1. The maximum Gasteiger partial charge on any atom is 0.249 e. The second-order valence-corrected chi connectivity index (χ2v) is 7.56. The number of rotatable bonds is 10. The van der Waals surface area contributed by atoms with Crippen LogP contribution in [0.3, 0.4) is 0 Å². The van der Waals surface area contributed by atoms with Gasteiger partial charge in [-0.3, -0.25) is 9.59 Å². The molecule has 0 bridgehead atoms. The normalized spacial score (nSPS) is 11.8. The van der Waals surface area contributed by atoms with E-state index in [-0.39, 0.29) is 31.0 Å². The predicted octanol–water partition coefficient (Wildman–Crippen LogP) is 3.55. The van der Waals surface area contributed by atoms with Crippen LogP contribution in [-0.4, -0.2) is 47.9 Å². The Balaban J connectivity index is 2.16. The van der Waals surface area contributed by atoms with Crippen LogP contribution in [0.4, 0.5) is 0 Å². The van der Waals surface area contributed by atoms with E-state index in [1.165, 1.54) is 7.11 Å². The number of methoxy groups -OCH3 is 1. The van der Waals surface area contributed by atoms with Crippen LogP contribution in [0.5, 0.6) is 0 Å². The van der Waals surface area contributed by atoms with Gasteiger partial charge in [0.25, 0.3) is 0 Å². The molecule has 0 aliphatic carbocycles. The molecule has 1 heterocycles. The Kier molecular flexibility index (Phi) is 8.48. The quantitative estimate of drug-likeness (QED) is 0.625. The highest BCUT2D eigenvalue weighted by molar-refractivity contribution is 7.09. The maximum absolute atomic E-state index is 13.1. The van der Waals surface area contributed by atoms with Gasteiger partial charge < -0.3 is 14.5 Å². The van der Waals surface area contributed by atoms with E-state index in [0.717, 1.165) is 16.9 Å². The van der Waals surface area contributed by atoms with Gasteiger partial charge in [0.05, 0.1) is 6.54 Å². The number of carbonyl (C=O) groups excluding carboxylic acids is 2. The molecule has 0 radical (unpaired) electrons. The SMILES string of the molecule is CC[C@H](C)N(CC(=O)N(Cc1ccccc1)Cc1cccs1)C(=O)COC. The molecule has 0 fully saturated rings. The largest absolute Gasteiger partial charge is 0.375 e. The fourth-order valence-corrected chi connectivity index (χ4v) is 3.51. The number of hydrogen-bond acceptors (Lipinski definition) is 4. The van der Waals surface area contributed by atoms with Crippen molar-refractivity contribution in [3.05, 3.63) is 58.3 Å². The smallest absolute Gasteiger partial charge is 0.249 e. The molecule has 0 saturated carbocycles. The van der Waals surface area contributed by atoms with Gasteiger partial charge in [0.15, 0.2) is 0 Å². The third-order valence-corrected chi connectivity index (χ3v) is 5.37. The van der Waals surface area contributed by atoms with E-state index in [1.54, 1.807) is 16.2 Å². The lowest BCUT2D eigenvalue weighted by atomic mass is 10.2. The number of nitrogens with zero attached hydrogens (tertiary/aromatic N) is 2. The summed E-state index contributed by atoms with van der Waals surface area (Å²) < 4.78 is 4.99. The summed E-state index contributed by atoms with van der Waals surface area (Å²) in [5.74, 6) is -0.215. The lowest BCUT2D eigenvalue weighted by molar-refractivity contribution is -0.145. The maximum atomic E-state index is 13.1. The zero-order valence-corrected chi connectivity index (χ0v) is 17.1. The standard InChI is InChI=1S/C21H28N2O3S/c1-4-17(2)23(21(25)16-26-3)15-20(24)22(14-19-11-8-12-27-19)13-18-9-6-5-7-10-18/h5-12,17H,4,13-16H2,1-3H3/t17-/m0/s1. The summed E-state index contributed by atoms with van der Waals surface area (Å²) in [6.07, 6.45) is 0.784. The molecule has 1 aromatic carbocycles. The van der Waals surface area contributed by atoms with Crippen molar-refractivity contribution in [2.75, 3.05) is 20.3 Å². The average Bonchev–Trinajstić information content (AvgIpc) is 3.19. The average molecular weight is 389 g/mol. The van der Waals surface area contributed by atoms with Crippen molar-refractivity contribution in [3.63, 3.8) is 0 Å². The summed E-state index contributed by atoms with van der Waals surface area (Å²) in [7, 11) is 1.49. The molecule has 1 atom stereocenters. The van der Waals surface area contributed by atoms with Crippen LogP contribution in [0.25, 0.3) is 0 Å². The molecule has 0 saturated heterocycles. The van der Waals surface area contributed by atoms with E-state index in [9.17, 15) is 9.59 Å². The van der Waals surface area contributed by atoms with Crippen molar-refractivity contribution in [2.45, 2.75) is 39.4 Å². The highest BCUT2D eigenvalue weighted by Gasteiger charge is 2.25. The lowest BCUT2D eigenvalue weighted by Crippen LogP contribution is -2.47. The molecule has 2 amide bonds. The highest BCUT2D eigenvalue weighted by Crippen LogP contribution is 2.16.